The quantitative estimate of drug-likeness (QED) is 0.774. The van der Waals surface area contributed by atoms with Gasteiger partial charge in [0.15, 0.2) is 0 Å². The summed E-state index contributed by atoms with van der Waals surface area (Å²) in [6.45, 7) is 14.3. The molecule has 0 aromatic carbocycles. The Morgan fingerprint density at radius 1 is 1.33 bits per heavy atom. The number of hydrogen-bond donors (Lipinski definition) is 1. The minimum Gasteiger partial charge on any atom is -0.343 e. The van der Waals surface area contributed by atoms with E-state index >= 15 is 0 Å². The van der Waals surface area contributed by atoms with Gasteiger partial charge in [-0.05, 0) is 56.9 Å². The first kappa shape index (κ1) is 18.5. The summed E-state index contributed by atoms with van der Waals surface area (Å²) >= 11 is 0. The van der Waals surface area contributed by atoms with Gasteiger partial charge in [-0.25, -0.2) is 0 Å². The fourth-order valence-electron chi connectivity index (χ4n) is 3.22. The molecule has 2 unspecified atom stereocenters. The predicted octanol–water partition coefficient (Wildman–Crippen LogP) is 3.83. The number of carbonyl (C=O) groups is 1. The van der Waals surface area contributed by atoms with Gasteiger partial charge < -0.3 is 10.2 Å². The molecule has 1 fully saturated rings. The third kappa shape index (κ3) is 6.82. The van der Waals surface area contributed by atoms with Crippen LogP contribution in [0.5, 0.6) is 0 Å². The highest BCUT2D eigenvalue weighted by atomic mass is 16.2. The van der Waals surface area contributed by atoms with Crippen LogP contribution in [0.25, 0.3) is 0 Å². The van der Waals surface area contributed by atoms with Crippen LogP contribution in [0.2, 0.25) is 0 Å². The normalized spacial score (nSPS) is 22.2. The number of rotatable bonds is 7. The molecule has 124 valence electrons. The lowest BCUT2D eigenvalue weighted by Crippen LogP contribution is -2.33. The Balaban J connectivity index is 2.33. The molecular weight excluding hydrogens is 260 g/mol. The molecule has 0 spiro atoms. The molecule has 1 saturated heterocycles. The van der Waals surface area contributed by atoms with Crippen LogP contribution < -0.4 is 5.32 Å². The molecule has 21 heavy (non-hydrogen) atoms. The largest absolute Gasteiger partial charge is 0.343 e. The molecule has 1 aliphatic heterocycles. The van der Waals surface area contributed by atoms with Crippen molar-refractivity contribution >= 4 is 5.91 Å². The van der Waals surface area contributed by atoms with Crippen molar-refractivity contribution in [1.82, 2.24) is 10.2 Å². The summed E-state index contributed by atoms with van der Waals surface area (Å²) in [4.78, 5) is 14.4. The number of likely N-dealkylation sites (tertiary alicyclic amines) is 1. The fourth-order valence-corrected chi connectivity index (χ4v) is 3.22. The Kier molecular flexibility index (Phi) is 7.72. The van der Waals surface area contributed by atoms with Crippen molar-refractivity contribution in [2.75, 3.05) is 19.6 Å². The Morgan fingerprint density at radius 3 is 2.67 bits per heavy atom. The predicted molar refractivity (Wildman–Crippen MR) is 90.4 cm³/mol. The maximum Gasteiger partial charge on any atom is 0.222 e. The van der Waals surface area contributed by atoms with Gasteiger partial charge in [-0.1, -0.05) is 27.7 Å². The van der Waals surface area contributed by atoms with Gasteiger partial charge in [-0.2, -0.15) is 0 Å². The van der Waals surface area contributed by atoms with Crippen LogP contribution in [-0.2, 0) is 4.79 Å². The summed E-state index contributed by atoms with van der Waals surface area (Å²) in [5.74, 6) is 1.05. The van der Waals surface area contributed by atoms with Crippen LogP contribution in [0.1, 0.15) is 73.1 Å². The minimum atomic E-state index is 0.328. The van der Waals surface area contributed by atoms with Gasteiger partial charge in [0.1, 0.15) is 0 Å². The van der Waals surface area contributed by atoms with E-state index in [1.165, 1.54) is 12.8 Å². The molecule has 0 aromatic rings. The molecular formula is C18H36N2O. The second kappa shape index (κ2) is 8.77. The zero-order valence-electron chi connectivity index (χ0n) is 14.9. The van der Waals surface area contributed by atoms with Crippen LogP contribution in [-0.4, -0.2) is 36.5 Å². The van der Waals surface area contributed by atoms with E-state index in [0.29, 0.717) is 23.3 Å². The molecule has 1 amide bonds. The summed E-state index contributed by atoms with van der Waals surface area (Å²) in [6, 6.07) is 0.564. The molecule has 0 bridgehead atoms. The van der Waals surface area contributed by atoms with E-state index in [4.69, 9.17) is 0 Å². The molecule has 2 atom stereocenters. The molecule has 1 rings (SSSR count). The summed E-state index contributed by atoms with van der Waals surface area (Å²) in [6.07, 6.45) is 6.43. The van der Waals surface area contributed by atoms with Crippen molar-refractivity contribution in [3.05, 3.63) is 0 Å². The molecule has 0 saturated carbocycles. The van der Waals surface area contributed by atoms with Gasteiger partial charge in [-0.3, -0.25) is 4.79 Å². The topological polar surface area (TPSA) is 32.3 Å². The van der Waals surface area contributed by atoms with Gasteiger partial charge in [0.05, 0.1) is 0 Å². The first-order chi connectivity index (χ1) is 9.84. The Hall–Kier alpha value is -0.570. The van der Waals surface area contributed by atoms with Gasteiger partial charge in [0.25, 0.3) is 0 Å². The third-order valence-corrected chi connectivity index (χ3v) is 4.84. The average molecular weight is 296 g/mol. The summed E-state index contributed by atoms with van der Waals surface area (Å²) < 4.78 is 0. The molecule has 3 nitrogen and oxygen atoms in total. The number of nitrogens with zero attached hydrogens (tertiary/aromatic N) is 1. The first-order valence-corrected chi connectivity index (χ1v) is 8.85. The SMILES string of the molecule is CCCNC(C)CCCN1CCC(C(C)(C)C)CCC1=O. The third-order valence-electron chi connectivity index (χ3n) is 4.84. The number of nitrogens with one attached hydrogen (secondary N) is 1. The number of carbonyl (C=O) groups excluding carboxylic acids is 1. The van der Waals surface area contributed by atoms with Gasteiger partial charge in [-0.15, -0.1) is 0 Å². The van der Waals surface area contributed by atoms with E-state index in [1.54, 1.807) is 0 Å². The van der Waals surface area contributed by atoms with Gasteiger partial charge in [0, 0.05) is 25.6 Å². The van der Waals surface area contributed by atoms with Gasteiger partial charge >= 0.3 is 0 Å². The molecule has 0 aliphatic carbocycles. The van der Waals surface area contributed by atoms with E-state index in [2.05, 4.69) is 44.8 Å². The van der Waals surface area contributed by atoms with Crippen molar-refractivity contribution in [1.29, 1.82) is 0 Å². The fraction of sp³-hybridized carbons (Fsp3) is 0.944. The van der Waals surface area contributed by atoms with Crippen molar-refractivity contribution in [2.24, 2.45) is 11.3 Å². The first-order valence-electron chi connectivity index (χ1n) is 8.85. The standard InChI is InChI=1S/C18H36N2O/c1-6-12-19-15(2)8-7-13-20-14-11-16(18(3,4)5)9-10-17(20)21/h15-16,19H,6-14H2,1-5H3. The lowest BCUT2D eigenvalue weighted by molar-refractivity contribution is -0.130. The summed E-state index contributed by atoms with van der Waals surface area (Å²) in [5.41, 5.74) is 0.328. The van der Waals surface area contributed by atoms with Gasteiger partial charge in [0.2, 0.25) is 5.91 Å². The second-order valence-corrected chi connectivity index (χ2v) is 7.77. The second-order valence-electron chi connectivity index (χ2n) is 7.77. The van der Waals surface area contributed by atoms with Crippen LogP contribution in [0.15, 0.2) is 0 Å². The van der Waals surface area contributed by atoms with Crippen molar-refractivity contribution in [2.45, 2.75) is 79.2 Å². The average Bonchev–Trinajstić information content (AvgIpc) is 2.59. The maximum absolute atomic E-state index is 12.2. The van der Waals surface area contributed by atoms with Crippen molar-refractivity contribution in [3.63, 3.8) is 0 Å². The molecule has 0 aromatic heterocycles. The molecule has 1 N–H and O–H groups in total. The van der Waals surface area contributed by atoms with Crippen LogP contribution in [0.4, 0.5) is 0 Å². The molecule has 0 radical (unpaired) electrons. The van der Waals surface area contributed by atoms with Crippen LogP contribution in [0.3, 0.4) is 0 Å². The summed E-state index contributed by atoms with van der Waals surface area (Å²) in [7, 11) is 0. The van der Waals surface area contributed by atoms with Crippen molar-refractivity contribution < 1.29 is 4.79 Å². The highest BCUT2D eigenvalue weighted by Crippen LogP contribution is 2.34. The van der Waals surface area contributed by atoms with Crippen LogP contribution >= 0.6 is 0 Å². The van der Waals surface area contributed by atoms with Crippen molar-refractivity contribution in [3.8, 4) is 0 Å². The number of hydrogen-bond acceptors (Lipinski definition) is 2. The lowest BCUT2D eigenvalue weighted by Gasteiger charge is -2.29. The summed E-state index contributed by atoms with van der Waals surface area (Å²) in [5, 5.41) is 3.52. The minimum absolute atomic E-state index is 0.328. The van der Waals surface area contributed by atoms with E-state index in [0.717, 1.165) is 45.3 Å². The maximum atomic E-state index is 12.2. The Morgan fingerprint density at radius 2 is 2.05 bits per heavy atom. The Labute approximate surface area is 131 Å². The highest BCUT2D eigenvalue weighted by molar-refractivity contribution is 5.76. The Bertz CT molecular complexity index is 309. The molecule has 3 heteroatoms. The highest BCUT2D eigenvalue weighted by Gasteiger charge is 2.29. The zero-order chi connectivity index (χ0) is 15.9. The number of amides is 1. The zero-order valence-corrected chi connectivity index (χ0v) is 14.9. The molecule has 1 aliphatic rings. The molecule has 1 heterocycles. The van der Waals surface area contributed by atoms with Crippen LogP contribution in [0, 0.1) is 11.3 Å². The van der Waals surface area contributed by atoms with E-state index in [-0.39, 0.29) is 0 Å². The van der Waals surface area contributed by atoms with E-state index < -0.39 is 0 Å². The lowest BCUT2D eigenvalue weighted by atomic mass is 9.77. The smallest absolute Gasteiger partial charge is 0.222 e. The monoisotopic (exact) mass is 296 g/mol. The van der Waals surface area contributed by atoms with E-state index in [1.807, 2.05) is 0 Å². The van der Waals surface area contributed by atoms with E-state index in [9.17, 15) is 4.79 Å².